The lowest BCUT2D eigenvalue weighted by Crippen LogP contribution is -2.63. The molecule has 1 aromatic carbocycles. The van der Waals surface area contributed by atoms with E-state index in [9.17, 15) is 22.8 Å². The van der Waals surface area contributed by atoms with E-state index in [1.807, 2.05) is 0 Å². The van der Waals surface area contributed by atoms with Crippen LogP contribution in [0.5, 0.6) is 0 Å². The second kappa shape index (κ2) is 6.88. The van der Waals surface area contributed by atoms with Crippen molar-refractivity contribution >= 4 is 33.2 Å². The van der Waals surface area contributed by atoms with Gasteiger partial charge in [-0.3, -0.25) is 14.5 Å². The Balaban J connectivity index is 1.92. The van der Waals surface area contributed by atoms with E-state index in [1.54, 1.807) is 39.8 Å². The van der Waals surface area contributed by atoms with Gasteiger partial charge in [0.1, 0.15) is 5.60 Å². The summed E-state index contributed by atoms with van der Waals surface area (Å²) >= 11 is 0. The molecule has 1 aromatic rings. The van der Waals surface area contributed by atoms with Crippen molar-refractivity contribution in [3.8, 4) is 0 Å². The number of ketones is 2. The Morgan fingerprint density at radius 1 is 1.17 bits per heavy atom. The molecule has 30 heavy (non-hydrogen) atoms. The molecular weight excluding hydrogens is 410 g/mol. The number of hydrogen-bond acceptors (Lipinski definition) is 7. The number of nitrogens with zero attached hydrogens (tertiary/aromatic N) is 1. The molecule has 5 atom stereocenters. The average molecular weight is 435 g/mol. The number of hydrogen-bond donors (Lipinski definition) is 0. The van der Waals surface area contributed by atoms with E-state index in [0.29, 0.717) is 0 Å². The average Bonchev–Trinajstić information content (AvgIpc) is 2.80. The molecular formula is C21H25NO7S. The van der Waals surface area contributed by atoms with Gasteiger partial charge in [0.05, 0.1) is 39.8 Å². The van der Waals surface area contributed by atoms with Crippen molar-refractivity contribution in [1.82, 2.24) is 0 Å². The van der Waals surface area contributed by atoms with Crippen molar-refractivity contribution < 1.29 is 32.3 Å². The van der Waals surface area contributed by atoms with Crippen LogP contribution in [0.3, 0.4) is 0 Å². The molecule has 2 bridgehead atoms. The second-order valence-electron chi connectivity index (χ2n) is 8.91. The Hall–Kier alpha value is -2.26. The molecule has 0 N–H and O–H groups in total. The number of para-hydroxylation sites is 1. The third-order valence-electron chi connectivity index (χ3n) is 5.95. The van der Waals surface area contributed by atoms with Gasteiger partial charge in [0.25, 0.3) is 0 Å². The number of amides is 1. The molecule has 2 fully saturated rings. The molecule has 1 amide bonds. The van der Waals surface area contributed by atoms with Crippen LogP contribution in [-0.2, 0) is 28.9 Å². The molecule has 162 valence electrons. The standard InChI is InChI=1S/C21H25NO7S/c1-5-28-19-11-10-14-16(15(19)18(24)17(11)23)22(20(25)29-21(2,3)4)12-8-6-7-9-13(12)30(14,26)27/h6-9,11,14-16,19H,5,10H2,1-4H3. The second-order valence-corrected chi connectivity index (χ2v) is 11.0. The lowest BCUT2D eigenvalue weighted by atomic mass is 9.80. The molecule has 1 aliphatic heterocycles. The minimum absolute atomic E-state index is 0.00580. The predicted molar refractivity (Wildman–Crippen MR) is 107 cm³/mol. The smallest absolute Gasteiger partial charge is 0.415 e. The van der Waals surface area contributed by atoms with Crippen molar-refractivity contribution in [1.29, 1.82) is 0 Å². The van der Waals surface area contributed by atoms with Gasteiger partial charge >= 0.3 is 6.09 Å². The van der Waals surface area contributed by atoms with Gasteiger partial charge in [-0.15, -0.1) is 0 Å². The summed E-state index contributed by atoms with van der Waals surface area (Å²) in [4.78, 5) is 40.1. The van der Waals surface area contributed by atoms with Crippen molar-refractivity contribution in [3.05, 3.63) is 24.3 Å². The van der Waals surface area contributed by atoms with Crippen LogP contribution < -0.4 is 4.90 Å². The lowest BCUT2D eigenvalue weighted by Gasteiger charge is -2.48. The molecule has 3 aliphatic rings. The fourth-order valence-corrected chi connectivity index (χ4v) is 7.08. The fourth-order valence-electron chi connectivity index (χ4n) is 4.91. The molecule has 8 nitrogen and oxygen atoms in total. The molecule has 2 aliphatic carbocycles. The molecule has 1 heterocycles. The van der Waals surface area contributed by atoms with Gasteiger partial charge in [-0.25, -0.2) is 13.2 Å². The predicted octanol–water partition coefficient (Wildman–Crippen LogP) is 2.15. The first-order valence-corrected chi connectivity index (χ1v) is 11.6. The minimum atomic E-state index is -3.87. The maximum atomic E-state index is 13.4. The van der Waals surface area contributed by atoms with E-state index >= 15 is 0 Å². The molecule has 0 spiro atoms. The first kappa shape index (κ1) is 21.0. The van der Waals surface area contributed by atoms with Crippen LogP contribution in [-0.4, -0.2) is 55.7 Å². The number of anilines is 1. The summed E-state index contributed by atoms with van der Waals surface area (Å²) < 4.78 is 38.2. The van der Waals surface area contributed by atoms with Crippen LogP contribution in [0.15, 0.2) is 29.2 Å². The molecule has 2 saturated carbocycles. The highest BCUT2D eigenvalue weighted by molar-refractivity contribution is 7.92. The normalized spacial score (nSPS) is 31.9. The Kier molecular flexibility index (Phi) is 4.81. The van der Waals surface area contributed by atoms with Crippen LogP contribution in [0.4, 0.5) is 10.5 Å². The van der Waals surface area contributed by atoms with Gasteiger partial charge in [0, 0.05) is 6.61 Å². The summed E-state index contributed by atoms with van der Waals surface area (Å²) in [5.74, 6) is -3.15. The van der Waals surface area contributed by atoms with Gasteiger partial charge in [-0.1, -0.05) is 12.1 Å². The van der Waals surface area contributed by atoms with Gasteiger partial charge in [0.2, 0.25) is 11.6 Å². The van der Waals surface area contributed by atoms with Crippen LogP contribution >= 0.6 is 0 Å². The van der Waals surface area contributed by atoms with Crippen LogP contribution in [0.2, 0.25) is 0 Å². The van der Waals surface area contributed by atoms with E-state index in [-0.39, 0.29) is 23.6 Å². The monoisotopic (exact) mass is 435 g/mol. The zero-order valence-electron chi connectivity index (χ0n) is 17.3. The topological polar surface area (TPSA) is 107 Å². The van der Waals surface area contributed by atoms with E-state index in [1.165, 1.54) is 17.0 Å². The summed E-state index contributed by atoms with van der Waals surface area (Å²) in [6.45, 7) is 7.14. The number of ether oxygens (including phenoxy) is 2. The third-order valence-corrected chi connectivity index (χ3v) is 8.17. The van der Waals surface area contributed by atoms with Gasteiger partial charge < -0.3 is 9.47 Å². The summed E-state index contributed by atoms with van der Waals surface area (Å²) in [6, 6.07) is 5.11. The fraction of sp³-hybridized carbons (Fsp3) is 0.571. The summed E-state index contributed by atoms with van der Waals surface area (Å²) in [5, 5.41) is -1.08. The van der Waals surface area contributed by atoms with Gasteiger partial charge in [-0.2, -0.15) is 0 Å². The number of Topliss-reactive ketones (excluding diaryl/α,β-unsaturated/α-hetero) is 2. The number of carbonyl (C=O) groups excluding carboxylic acids is 3. The van der Waals surface area contributed by atoms with E-state index < -0.39 is 62.3 Å². The molecule has 9 heteroatoms. The highest BCUT2D eigenvalue weighted by Crippen LogP contribution is 2.50. The van der Waals surface area contributed by atoms with E-state index in [0.717, 1.165) is 0 Å². The maximum absolute atomic E-state index is 13.4. The quantitative estimate of drug-likeness (QED) is 0.655. The van der Waals surface area contributed by atoms with Crippen LogP contribution in [0, 0.1) is 11.8 Å². The number of carbonyl (C=O) groups is 3. The minimum Gasteiger partial charge on any atom is -0.443 e. The van der Waals surface area contributed by atoms with Gasteiger partial charge in [-0.05, 0) is 46.2 Å². The van der Waals surface area contributed by atoms with Crippen molar-refractivity contribution in [2.75, 3.05) is 11.5 Å². The van der Waals surface area contributed by atoms with Crippen molar-refractivity contribution in [2.45, 2.75) is 62.0 Å². The van der Waals surface area contributed by atoms with Crippen molar-refractivity contribution in [3.63, 3.8) is 0 Å². The highest BCUT2D eigenvalue weighted by Gasteiger charge is 2.65. The zero-order valence-corrected chi connectivity index (χ0v) is 18.1. The van der Waals surface area contributed by atoms with E-state index in [4.69, 9.17) is 9.47 Å². The summed E-state index contributed by atoms with van der Waals surface area (Å²) in [7, 11) is -3.87. The molecule has 5 unspecified atom stereocenters. The summed E-state index contributed by atoms with van der Waals surface area (Å²) in [5.41, 5.74) is -0.669. The maximum Gasteiger partial charge on any atom is 0.415 e. The van der Waals surface area contributed by atoms with Crippen molar-refractivity contribution in [2.24, 2.45) is 11.8 Å². The molecule has 0 saturated heterocycles. The number of benzene rings is 1. The Morgan fingerprint density at radius 3 is 2.47 bits per heavy atom. The Bertz CT molecular complexity index is 1030. The molecule has 0 radical (unpaired) electrons. The molecule has 4 rings (SSSR count). The number of rotatable bonds is 2. The van der Waals surface area contributed by atoms with Crippen LogP contribution in [0.1, 0.15) is 34.1 Å². The number of sulfone groups is 1. The Labute approximate surface area is 175 Å². The first-order valence-electron chi connectivity index (χ1n) is 10.0. The van der Waals surface area contributed by atoms with Crippen LogP contribution in [0.25, 0.3) is 0 Å². The zero-order chi connectivity index (χ0) is 22.0. The number of fused-ring (bicyclic) bond motifs is 5. The van der Waals surface area contributed by atoms with E-state index in [2.05, 4.69) is 0 Å². The van der Waals surface area contributed by atoms with Gasteiger partial charge in [0.15, 0.2) is 9.84 Å². The SMILES string of the molecule is CCOC1C2CC3C(C1C(=O)C2=O)N(C(=O)OC(C)(C)C)c1ccccc1S3(=O)=O. The molecule has 0 aromatic heterocycles. The first-order chi connectivity index (χ1) is 14.0. The highest BCUT2D eigenvalue weighted by atomic mass is 32.2. The lowest BCUT2D eigenvalue weighted by molar-refractivity contribution is -0.136. The summed E-state index contributed by atoms with van der Waals surface area (Å²) in [6.07, 6.45) is -1.56. The third kappa shape index (κ3) is 2.98. The largest absolute Gasteiger partial charge is 0.443 e. The Morgan fingerprint density at radius 2 is 1.83 bits per heavy atom.